The third-order valence-electron chi connectivity index (χ3n) is 3.35. The Labute approximate surface area is 128 Å². The highest BCUT2D eigenvalue weighted by molar-refractivity contribution is 7.95. The van der Waals surface area contributed by atoms with Crippen molar-refractivity contribution in [1.29, 1.82) is 0 Å². The van der Waals surface area contributed by atoms with Crippen LogP contribution in [0.2, 0.25) is 0 Å². The Morgan fingerprint density at radius 2 is 1.64 bits per heavy atom. The quantitative estimate of drug-likeness (QED) is 0.815. The number of fused-ring (bicyclic) bond motifs is 1. The van der Waals surface area contributed by atoms with E-state index in [0.29, 0.717) is 11.4 Å². The first kappa shape index (κ1) is 14.4. The summed E-state index contributed by atoms with van der Waals surface area (Å²) in [6.07, 6.45) is 1.51. The highest BCUT2D eigenvalue weighted by atomic mass is 32.2. The Bertz CT molecular complexity index is 873. The number of benzene rings is 2. The fourth-order valence-corrected chi connectivity index (χ4v) is 4.07. The van der Waals surface area contributed by atoms with Gasteiger partial charge >= 0.3 is 10.2 Å². The number of hydrogen-bond donors (Lipinski definition) is 0. The number of hydrogen-bond acceptors (Lipinski definition) is 2. The van der Waals surface area contributed by atoms with Crippen LogP contribution in [0.5, 0.6) is 0 Å². The Morgan fingerprint density at radius 3 is 2.27 bits per heavy atom. The lowest BCUT2D eigenvalue weighted by Gasteiger charge is -2.21. The van der Waals surface area contributed by atoms with Gasteiger partial charge in [0.2, 0.25) is 0 Å². The average Bonchev–Trinajstić information content (AvgIpc) is 2.72. The summed E-state index contributed by atoms with van der Waals surface area (Å²) in [5.41, 5.74) is 3.47. The first-order chi connectivity index (χ1) is 10.6. The van der Waals surface area contributed by atoms with Gasteiger partial charge in [-0.1, -0.05) is 30.8 Å². The van der Waals surface area contributed by atoms with Gasteiger partial charge in [0, 0.05) is 0 Å². The van der Waals surface area contributed by atoms with Crippen molar-refractivity contribution in [3.8, 4) is 0 Å². The fourth-order valence-electron chi connectivity index (χ4n) is 2.40. The minimum atomic E-state index is -3.91. The van der Waals surface area contributed by atoms with Gasteiger partial charge in [0.25, 0.3) is 0 Å². The Hall–Kier alpha value is -2.56. The fraction of sp³-hybridized carbons (Fsp3) is 0.0625. The molecule has 6 heteroatoms. The molecule has 1 heterocycles. The molecule has 22 heavy (non-hydrogen) atoms. The summed E-state index contributed by atoms with van der Waals surface area (Å²) in [7, 11) is -3.91. The Morgan fingerprint density at radius 1 is 1.05 bits per heavy atom. The third kappa shape index (κ3) is 2.09. The molecule has 0 aromatic heterocycles. The average molecular weight is 316 g/mol. The number of rotatable bonds is 3. The molecule has 0 fully saturated rings. The van der Waals surface area contributed by atoms with E-state index in [1.807, 2.05) is 0 Å². The van der Waals surface area contributed by atoms with E-state index >= 15 is 0 Å². The van der Waals surface area contributed by atoms with Gasteiger partial charge in [-0.3, -0.25) is 0 Å². The zero-order valence-corrected chi connectivity index (χ0v) is 12.4. The van der Waals surface area contributed by atoms with Crippen molar-refractivity contribution in [3.05, 3.63) is 72.7 Å². The minimum Gasteiger partial charge on any atom is -0.246 e. The molecular formula is C16H13FN2O2S. The van der Waals surface area contributed by atoms with Crippen molar-refractivity contribution in [2.24, 2.45) is 0 Å². The van der Waals surface area contributed by atoms with E-state index in [1.54, 1.807) is 30.3 Å². The predicted molar refractivity (Wildman–Crippen MR) is 85.0 cm³/mol. The van der Waals surface area contributed by atoms with Crippen LogP contribution in [-0.2, 0) is 10.2 Å². The van der Waals surface area contributed by atoms with Crippen molar-refractivity contribution in [2.75, 3.05) is 15.2 Å². The highest BCUT2D eigenvalue weighted by Crippen LogP contribution is 2.45. The van der Waals surface area contributed by atoms with Crippen molar-refractivity contribution < 1.29 is 12.8 Å². The maximum atomic E-state index is 14.1. The van der Waals surface area contributed by atoms with Crippen molar-refractivity contribution in [1.82, 2.24) is 0 Å². The topological polar surface area (TPSA) is 40.6 Å². The summed E-state index contributed by atoms with van der Waals surface area (Å²) >= 11 is 0. The molecule has 1 aliphatic rings. The number of para-hydroxylation sites is 3. The van der Waals surface area contributed by atoms with E-state index in [2.05, 4.69) is 12.3 Å². The van der Waals surface area contributed by atoms with Gasteiger partial charge in [0.15, 0.2) is 0 Å². The molecule has 0 N–H and O–H groups in total. The summed E-state index contributed by atoms with van der Waals surface area (Å²) in [6, 6.07) is 12.6. The van der Waals surface area contributed by atoms with Gasteiger partial charge in [-0.15, -0.1) is 5.73 Å². The highest BCUT2D eigenvalue weighted by Gasteiger charge is 2.41. The van der Waals surface area contributed by atoms with Gasteiger partial charge in [-0.25, -0.2) is 13.0 Å². The van der Waals surface area contributed by atoms with Crippen LogP contribution in [0, 0.1) is 5.82 Å². The molecule has 0 spiro atoms. The molecule has 112 valence electrons. The number of anilines is 3. The summed E-state index contributed by atoms with van der Waals surface area (Å²) in [5, 5.41) is 0. The molecule has 0 unspecified atom stereocenters. The third-order valence-corrected chi connectivity index (χ3v) is 5.11. The van der Waals surface area contributed by atoms with Crippen LogP contribution >= 0.6 is 0 Å². The molecule has 0 aliphatic carbocycles. The molecule has 0 bridgehead atoms. The molecule has 4 nitrogen and oxygen atoms in total. The second-order valence-electron chi connectivity index (χ2n) is 4.65. The van der Waals surface area contributed by atoms with Gasteiger partial charge < -0.3 is 0 Å². The van der Waals surface area contributed by atoms with Crippen LogP contribution in [0.15, 0.2) is 66.9 Å². The largest absolute Gasteiger partial charge is 0.331 e. The summed E-state index contributed by atoms with van der Waals surface area (Å²) in [5.74, 6) is -0.595. The molecule has 0 radical (unpaired) electrons. The van der Waals surface area contributed by atoms with E-state index in [0.717, 1.165) is 4.31 Å². The van der Waals surface area contributed by atoms with Gasteiger partial charge in [0.1, 0.15) is 5.82 Å². The van der Waals surface area contributed by atoms with Crippen molar-refractivity contribution >= 4 is 27.3 Å². The van der Waals surface area contributed by atoms with Gasteiger partial charge in [-0.05, 0) is 30.3 Å². The predicted octanol–water partition coefficient (Wildman–Crippen LogP) is 3.37. The second kappa shape index (κ2) is 5.33. The zero-order valence-electron chi connectivity index (χ0n) is 11.6. The van der Waals surface area contributed by atoms with Crippen LogP contribution in [0.4, 0.5) is 21.5 Å². The maximum absolute atomic E-state index is 14.1. The molecule has 2 aromatic rings. The van der Waals surface area contributed by atoms with E-state index in [4.69, 9.17) is 0 Å². The normalized spacial score (nSPS) is 15.3. The molecular weight excluding hydrogens is 303 g/mol. The van der Waals surface area contributed by atoms with Crippen molar-refractivity contribution in [2.45, 2.75) is 0 Å². The van der Waals surface area contributed by atoms with Crippen LogP contribution in [0.3, 0.4) is 0 Å². The van der Waals surface area contributed by atoms with E-state index < -0.39 is 16.0 Å². The molecule has 0 saturated heterocycles. The monoisotopic (exact) mass is 316 g/mol. The molecule has 2 aromatic carbocycles. The lowest BCUT2D eigenvalue weighted by atomic mass is 10.2. The molecule has 1 aliphatic heterocycles. The summed E-state index contributed by atoms with van der Waals surface area (Å²) in [4.78, 5) is 0. The summed E-state index contributed by atoms with van der Waals surface area (Å²) < 4.78 is 42.0. The standard InChI is InChI=1S/C16H13FN2O2S/c1-2-3-12-18-15-10-6-7-11-16(15)19(22(18,20)21)14-9-5-4-8-13(14)17/h3-11H,1,12H2. The van der Waals surface area contributed by atoms with Crippen LogP contribution < -0.4 is 8.61 Å². The van der Waals surface area contributed by atoms with Crippen LogP contribution in [0.1, 0.15) is 0 Å². The number of nitrogens with zero attached hydrogens (tertiary/aromatic N) is 2. The Kier molecular flexibility index (Phi) is 3.48. The first-order valence-electron chi connectivity index (χ1n) is 6.58. The lowest BCUT2D eigenvalue weighted by Crippen LogP contribution is -2.35. The smallest absolute Gasteiger partial charge is 0.246 e. The minimum absolute atomic E-state index is 0.0000302. The molecule has 0 amide bonds. The van der Waals surface area contributed by atoms with E-state index in [-0.39, 0.29) is 12.2 Å². The van der Waals surface area contributed by atoms with Crippen molar-refractivity contribution in [3.63, 3.8) is 0 Å². The number of halogens is 1. The van der Waals surface area contributed by atoms with Crippen LogP contribution in [-0.4, -0.2) is 15.0 Å². The molecule has 0 atom stereocenters. The zero-order chi connectivity index (χ0) is 15.7. The first-order valence-corrected chi connectivity index (χ1v) is 7.98. The summed E-state index contributed by atoms with van der Waals surface area (Å²) in [6.45, 7) is 3.53. The SMILES string of the molecule is C=C=CCN1c2ccccc2N(c2ccccc2F)S1(=O)=O. The molecule has 3 rings (SSSR count). The lowest BCUT2D eigenvalue weighted by molar-refractivity contribution is 0.592. The Balaban J connectivity index is 2.23. The second-order valence-corrected chi connectivity index (χ2v) is 6.35. The van der Waals surface area contributed by atoms with Gasteiger partial charge in [0.05, 0.1) is 23.6 Å². The van der Waals surface area contributed by atoms with Gasteiger partial charge in [-0.2, -0.15) is 8.42 Å². The van der Waals surface area contributed by atoms with E-state index in [1.165, 1.54) is 28.6 Å². The maximum Gasteiger partial charge on any atom is 0.331 e. The van der Waals surface area contributed by atoms with Crippen LogP contribution in [0.25, 0.3) is 0 Å². The van der Waals surface area contributed by atoms with E-state index in [9.17, 15) is 12.8 Å². The molecule has 0 saturated carbocycles.